The summed E-state index contributed by atoms with van der Waals surface area (Å²) in [6, 6.07) is 10.4. The normalized spacial score (nSPS) is 12.0. The second-order valence-electron chi connectivity index (χ2n) is 5.32. The monoisotopic (exact) mass is 332 g/mol. The van der Waals surface area contributed by atoms with E-state index in [0.717, 1.165) is 0 Å². The molecule has 1 N–H and O–H groups in total. The minimum atomic E-state index is -0.190. The van der Waals surface area contributed by atoms with Crippen molar-refractivity contribution < 1.29 is 14.6 Å². The maximum Gasteiger partial charge on any atom is 0.244 e. The molecule has 3 rings (SSSR count). The molecule has 1 aliphatic rings. The first-order valence-electron chi connectivity index (χ1n) is 7.71. The first kappa shape index (κ1) is 16.3. The molecule has 5 heteroatoms. The van der Waals surface area contributed by atoms with Gasteiger partial charge in [0.05, 0.1) is 6.54 Å². The van der Waals surface area contributed by atoms with Gasteiger partial charge in [0.2, 0.25) is 11.8 Å². The summed E-state index contributed by atoms with van der Waals surface area (Å²) in [4.78, 5) is 17.9. The van der Waals surface area contributed by atoms with E-state index < -0.39 is 0 Å². The molecule has 1 aromatic carbocycles. The molecule has 0 unspecified atom stereocenters. The van der Waals surface area contributed by atoms with Gasteiger partial charge in [-0.2, -0.15) is 0 Å². The molecule has 0 fully saturated rings. The number of allylic oxidation sites excluding steroid dienone is 3. The number of pyridine rings is 1. The minimum Gasteiger partial charge on any atom is -0.508 e. The number of hydrogen-bond donors (Lipinski definition) is 1. The summed E-state index contributed by atoms with van der Waals surface area (Å²) in [5.41, 5.74) is 6.79. The highest BCUT2D eigenvalue weighted by Crippen LogP contribution is 2.30. The van der Waals surface area contributed by atoms with E-state index >= 15 is 0 Å². The number of ether oxygens (including phenoxy) is 1. The third kappa shape index (κ3) is 3.88. The molecule has 1 aromatic heterocycles. The Morgan fingerprint density at radius 1 is 1.28 bits per heavy atom. The number of anilines is 1. The van der Waals surface area contributed by atoms with Crippen LogP contribution in [-0.2, 0) is 11.3 Å². The van der Waals surface area contributed by atoms with Gasteiger partial charge in [-0.15, -0.1) is 0 Å². The number of benzene rings is 1. The number of phenols is 1. The summed E-state index contributed by atoms with van der Waals surface area (Å²) >= 11 is 0. The summed E-state index contributed by atoms with van der Waals surface area (Å²) in [6.45, 7) is 1.66. The Bertz CT molecular complexity index is 933. The molecule has 0 saturated carbocycles. The van der Waals surface area contributed by atoms with Crippen molar-refractivity contribution in [1.82, 2.24) is 4.98 Å². The van der Waals surface area contributed by atoms with Crippen LogP contribution < -0.4 is 9.64 Å². The Morgan fingerprint density at radius 2 is 2.12 bits per heavy atom. The number of carbonyl (C=O) groups excluding carboxylic acids is 1. The largest absolute Gasteiger partial charge is 0.508 e. The zero-order valence-electron chi connectivity index (χ0n) is 13.6. The summed E-state index contributed by atoms with van der Waals surface area (Å²) in [5, 5.41) is 10.00. The third-order valence-electron chi connectivity index (χ3n) is 3.57. The molecule has 1 aliphatic carbocycles. The van der Waals surface area contributed by atoms with E-state index in [1.54, 1.807) is 54.8 Å². The quantitative estimate of drug-likeness (QED) is 0.852. The molecular weight excluding hydrogens is 316 g/mol. The highest BCUT2D eigenvalue weighted by molar-refractivity contribution is 5.92. The van der Waals surface area contributed by atoms with Crippen molar-refractivity contribution >= 4 is 11.6 Å². The van der Waals surface area contributed by atoms with Crippen LogP contribution in [0.3, 0.4) is 0 Å². The maximum absolute atomic E-state index is 12.2. The molecule has 0 spiro atoms. The lowest BCUT2D eigenvalue weighted by Gasteiger charge is -2.23. The van der Waals surface area contributed by atoms with Gasteiger partial charge in [0.15, 0.2) is 5.76 Å². The van der Waals surface area contributed by atoms with Crippen LogP contribution in [0.5, 0.6) is 11.6 Å². The van der Waals surface area contributed by atoms with Crippen LogP contribution in [0, 0.1) is 0 Å². The second kappa shape index (κ2) is 7.37. The predicted molar refractivity (Wildman–Crippen MR) is 94.1 cm³/mol. The molecule has 0 atom stereocenters. The van der Waals surface area contributed by atoms with Gasteiger partial charge >= 0.3 is 0 Å². The Hall–Kier alpha value is -3.52. The fourth-order valence-electron chi connectivity index (χ4n) is 2.35. The van der Waals surface area contributed by atoms with Crippen LogP contribution in [0.25, 0.3) is 0 Å². The fraction of sp³-hybridized carbons (Fsp3) is 0.100. The van der Waals surface area contributed by atoms with Crippen molar-refractivity contribution in [3.05, 3.63) is 83.6 Å². The second-order valence-corrected chi connectivity index (χ2v) is 5.32. The lowest BCUT2D eigenvalue weighted by Crippen LogP contribution is -2.28. The summed E-state index contributed by atoms with van der Waals surface area (Å²) in [5.74, 6) is 0.674. The van der Waals surface area contributed by atoms with Gasteiger partial charge in [-0.05, 0) is 42.2 Å². The van der Waals surface area contributed by atoms with Crippen molar-refractivity contribution in [2.75, 3.05) is 4.90 Å². The molecule has 124 valence electrons. The minimum absolute atomic E-state index is 0.131. The number of aromatic hydroxyl groups is 1. The van der Waals surface area contributed by atoms with Crippen molar-refractivity contribution in [3.8, 4) is 11.6 Å². The van der Waals surface area contributed by atoms with E-state index in [4.69, 9.17) is 4.74 Å². The molecule has 0 bridgehead atoms. The predicted octanol–water partition coefficient (Wildman–Crippen LogP) is 3.48. The number of hydrogen-bond acceptors (Lipinski definition) is 4. The molecule has 1 amide bonds. The lowest BCUT2D eigenvalue weighted by molar-refractivity contribution is -0.116. The SMILES string of the molecule is CC(=O)N(Cc1ccccc1O)c1cccnc1OC1=C=C=CC=C1. The van der Waals surface area contributed by atoms with Crippen LogP contribution >= 0.6 is 0 Å². The highest BCUT2D eigenvalue weighted by Gasteiger charge is 2.19. The lowest BCUT2D eigenvalue weighted by atomic mass is 10.1. The topological polar surface area (TPSA) is 62.7 Å². The van der Waals surface area contributed by atoms with E-state index in [0.29, 0.717) is 17.0 Å². The van der Waals surface area contributed by atoms with Crippen LogP contribution in [0.2, 0.25) is 0 Å². The summed E-state index contributed by atoms with van der Waals surface area (Å²) < 4.78 is 5.75. The molecule has 25 heavy (non-hydrogen) atoms. The average Bonchev–Trinajstić information content (AvgIpc) is 2.62. The van der Waals surface area contributed by atoms with E-state index in [-0.39, 0.29) is 24.1 Å². The number of carbonyl (C=O) groups is 1. The van der Waals surface area contributed by atoms with Crippen molar-refractivity contribution in [2.45, 2.75) is 13.5 Å². The van der Waals surface area contributed by atoms with Crippen molar-refractivity contribution in [3.63, 3.8) is 0 Å². The van der Waals surface area contributed by atoms with Gasteiger partial charge < -0.3 is 14.7 Å². The zero-order valence-corrected chi connectivity index (χ0v) is 13.6. The Kier molecular flexibility index (Phi) is 4.82. The molecule has 2 aromatic rings. The smallest absolute Gasteiger partial charge is 0.244 e. The standard InChI is InChI=1S/C20H16N2O3/c1-15(23)22(14-16-8-5-6-12-19(16)24)18-11-7-13-21-20(18)25-17-9-3-2-4-10-17/h2-3,5-9,11-13,24H,14H2,1H3. The highest BCUT2D eigenvalue weighted by atomic mass is 16.5. The number of rotatable bonds is 5. The average molecular weight is 332 g/mol. The first-order valence-corrected chi connectivity index (χ1v) is 7.71. The summed E-state index contributed by atoms with van der Waals surface area (Å²) in [7, 11) is 0. The molecule has 0 aliphatic heterocycles. The number of nitrogens with zero attached hydrogens (tertiary/aromatic N) is 2. The van der Waals surface area contributed by atoms with E-state index in [2.05, 4.69) is 16.4 Å². The van der Waals surface area contributed by atoms with Crippen LogP contribution in [0.4, 0.5) is 5.69 Å². The number of amides is 1. The van der Waals surface area contributed by atoms with E-state index in [1.165, 1.54) is 11.8 Å². The zero-order chi connectivity index (χ0) is 17.6. The Balaban J connectivity index is 1.96. The van der Waals surface area contributed by atoms with Gasteiger partial charge in [0.25, 0.3) is 0 Å². The molecule has 0 saturated heterocycles. The van der Waals surface area contributed by atoms with Gasteiger partial charge in [-0.25, -0.2) is 4.98 Å². The van der Waals surface area contributed by atoms with Gasteiger partial charge in [0, 0.05) is 18.7 Å². The van der Waals surface area contributed by atoms with E-state index in [1.807, 2.05) is 6.07 Å². The fourth-order valence-corrected chi connectivity index (χ4v) is 2.35. The van der Waals surface area contributed by atoms with Crippen molar-refractivity contribution in [1.29, 1.82) is 0 Å². The van der Waals surface area contributed by atoms with Crippen LogP contribution in [0.1, 0.15) is 12.5 Å². The molecule has 1 heterocycles. The number of aromatic nitrogens is 1. The number of para-hydroxylation sites is 1. The third-order valence-corrected chi connectivity index (χ3v) is 3.57. The maximum atomic E-state index is 12.2. The Morgan fingerprint density at radius 3 is 2.84 bits per heavy atom. The van der Waals surface area contributed by atoms with Crippen molar-refractivity contribution in [2.24, 2.45) is 0 Å². The van der Waals surface area contributed by atoms with Gasteiger partial charge in [-0.3, -0.25) is 4.79 Å². The first-order chi connectivity index (χ1) is 12.1. The van der Waals surface area contributed by atoms with Gasteiger partial charge in [0.1, 0.15) is 11.4 Å². The van der Waals surface area contributed by atoms with Crippen LogP contribution in [0.15, 0.2) is 78.0 Å². The molecular formula is C20H16N2O3. The molecule has 0 radical (unpaired) electrons. The molecule has 5 nitrogen and oxygen atoms in total. The summed E-state index contributed by atoms with van der Waals surface area (Å²) in [6.07, 6.45) is 6.81. The van der Waals surface area contributed by atoms with E-state index in [9.17, 15) is 9.90 Å². The van der Waals surface area contributed by atoms with Gasteiger partial charge in [-0.1, -0.05) is 23.9 Å². The van der Waals surface area contributed by atoms with Crippen LogP contribution in [-0.4, -0.2) is 16.0 Å². The number of phenolic OH excluding ortho intramolecular Hbond substituents is 1. The Labute approximate surface area is 145 Å².